The lowest BCUT2D eigenvalue weighted by molar-refractivity contribution is 0.634. The van der Waals surface area contributed by atoms with Crippen molar-refractivity contribution in [3.8, 4) is 0 Å². The highest BCUT2D eigenvalue weighted by molar-refractivity contribution is 7.97. The van der Waals surface area contributed by atoms with Gasteiger partial charge in [-0.3, -0.25) is 5.14 Å². The Morgan fingerprint density at radius 1 is 1.15 bits per heavy atom. The number of hydrogen-bond donors (Lipinski definition) is 2. The molecule has 0 heterocycles. The first-order valence-corrected chi connectivity index (χ1v) is 5.14. The third kappa shape index (κ3) is 3.70. The largest absolute Gasteiger partial charge is 0.380 e. The summed E-state index contributed by atoms with van der Waals surface area (Å²) in [4.78, 5) is 1.08. The van der Waals surface area contributed by atoms with Crippen LogP contribution in [0.4, 0.5) is 5.69 Å². The average molecular weight is 196 g/mol. The number of hydrogen-bond acceptors (Lipinski definition) is 3. The molecule has 0 bridgehead atoms. The van der Waals surface area contributed by atoms with E-state index < -0.39 is 0 Å². The second-order valence-electron chi connectivity index (χ2n) is 4.02. The molecule has 0 aromatic heterocycles. The van der Waals surface area contributed by atoms with Crippen molar-refractivity contribution in [2.45, 2.75) is 31.2 Å². The molecule has 3 N–H and O–H groups in total. The van der Waals surface area contributed by atoms with Crippen LogP contribution >= 0.6 is 11.9 Å². The Morgan fingerprint density at radius 2 is 1.69 bits per heavy atom. The minimum absolute atomic E-state index is 0.109. The van der Waals surface area contributed by atoms with Crippen molar-refractivity contribution >= 4 is 17.6 Å². The molecule has 1 aromatic carbocycles. The van der Waals surface area contributed by atoms with E-state index in [1.54, 1.807) is 0 Å². The van der Waals surface area contributed by atoms with E-state index in [-0.39, 0.29) is 5.54 Å². The minimum atomic E-state index is 0.109. The van der Waals surface area contributed by atoms with Gasteiger partial charge in [0.15, 0.2) is 0 Å². The molecule has 0 amide bonds. The maximum absolute atomic E-state index is 5.42. The van der Waals surface area contributed by atoms with Crippen molar-refractivity contribution in [2.24, 2.45) is 5.14 Å². The summed E-state index contributed by atoms with van der Waals surface area (Å²) < 4.78 is 0. The van der Waals surface area contributed by atoms with Crippen molar-refractivity contribution in [3.63, 3.8) is 0 Å². The lowest BCUT2D eigenvalue weighted by atomic mass is 10.1. The summed E-state index contributed by atoms with van der Waals surface area (Å²) in [6.07, 6.45) is 0. The summed E-state index contributed by atoms with van der Waals surface area (Å²) in [5.74, 6) is 0. The highest BCUT2D eigenvalue weighted by Crippen LogP contribution is 2.18. The molecule has 0 saturated carbocycles. The lowest BCUT2D eigenvalue weighted by Crippen LogP contribution is -2.25. The summed E-state index contributed by atoms with van der Waals surface area (Å²) in [7, 11) is 0. The molecule has 0 fully saturated rings. The van der Waals surface area contributed by atoms with Crippen LogP contribution in [0.25, 0.3) is 0 Å². The highest BCUT2D eigenvalue weighted by atomic mass is 32.2. The zero-order valence-corrected chi connectivity index (χ0v) is 9.11. The third-order valence-electron chi connectivity index (χ3n) is 1.51. The topological polar surface area (TPSA) is 38.0 Å². The van der Waals surface area contributed by atoms with Crippen molar-refractivity contribution in [2.75, 3.05) is 5.32 Å². The Morgan fingerprint density at radius 3 is 2.08 bits per heavy atom. The van der Waals surface area contributed by atoms with Gasteiger partial charge < -0.3 is 5.32 Å². The van der Waals surface area contributed by atoms with Gasteiger partial charge in [-0.05, 0) is 57.0 Å². The molecule has 0 aliphatic carbocycles. The molecule has 0 aliphatic rings. The van der Waals surface area contributed by atoms with E-state index in [0.29, 0.717) is 0 Å². The minimum Gasteiger partial charge on any atom is -0.380 e. The van der Waals surface area contributed by atoms with E-state index in [1.807, 2.05) is 24.3 Å². The van der Waals surface area contributed by atoms with Crippen LogP contribution in [0, 0.1) is 0 Å². The van der Waals surface area contributed by atoms with E-state index in [9.17, 15) is 0 Å². The van der Waals surface area contributed by atoms with Crippen LogP contribution in [0.3, 0.4) is 0 Å². The van der Waals surface area contributed by atoms with Gasteiger partial charge in [0.2, 0.25) is 0 Å². The summed E-state index contributed by atoms with van der Waals surface area (Å²) in [6, 6.07) is 8.11. The molecule has 0 radical (unpaired) electrons. The molecule has 0 spiro atoms. The van der Waals surface area contributed by atoms with E-state index in [4.69, 9.17) is 5.14 Å². The molecule has 3 heteroatoms. The first-order valence-electron chi connectivity index (χ1n) is 4.26. The van der Waals surface area contributed by atoms with Crippen LogP contribution in [0.1, 0.15) is 20.8 Å². The molecule has 1 rings (SSSR count). The van der Waals surface area contributed by atoms with E-state index in [2.05, 4.69) is 26.1 Å². The molecule has 0 saturated heterocycles. The predicted molar refractivity (Wildman–Crippen MR) is 59.9 cm³/mol. The Bertz CT molecular complexity index is 261. The Labute approximate surface area is 84.0 Å². The van der Waals surface area contributed by atoms with Crippen LogP contribution in [0.15, 0.2) is 29.2 Å². The van der Waals surface area contributed by atoms with Gasteiger partial charge in [0.1, 0.15) is 0 Å². The van der Waals surface area contributed by atoms with E-state index in [1.165, 1.54) is 11.9 Å². The van der Waals surface area contributed by atoms with Gasteiger partial charge in [-0.25, -0.2) is 0 Å². The number of rotatable bonds is 2. The normalized spacial score (nSPS) is 11.4. The zero-order chi connectivity index (χ0) is 9.90. The SMILES string of the molecule is CC(C)(C)Nc1ccc(SN)cc1. The van der Waals surface area contributed by atoms with Crippen molar-refractivity contribution in [1.29, 1.82) is 0 Å². The average Bonchev–Trinajstić information content (AvgIpc) is 2.03. The molecule has 0 aliphatic heterocycles. The van der Waals surface area contributed by atoms with Gasteiger partial charge in [0.25, 0.3) is 0 Å². The van der Waals surface area contributed by atoms with Crippen molar-refractivity contribution in [1.82, 2.24) is 0 Å². The van der Waals surface area contributed by atoms with Crippen molar-refractivity contribution in [3.05, 3.63) is 24.3 Å². The Hall–Kier alpha value is -0.670. The lowest BCUT2D eigenvalue weighted by Gasteiger charge is -2.22. The van der Waals surface area contributed by atoms with Crippen LogP contribution < -0.4 is 10.5 Å². The molecule has 2 nitrogen and oxygen atoms in total. The number of benzene rings is 1. The summed E-state index contributed by atoms with van der Waals surface area (Å²) >= 11 is 1.27. The van der Waals surface area contributed by atoms with Gasteiger partial charge in [0, 0.05) is 16.1 Å². The van der Waals surface area contributed by atoms with Crippen LogP contribution in [0.5, 0.6) is 0 Å². The smallest absolute Gasteiger partial charge is 0.0344 e. The van der Waals surface area contributed by atoms with Gasteiger partial charge in [-0.2, -0.15) is 0 Å². The fourth-order valence-electron chi connectivity index (χ4n) is 1.05. The summed E-state index contributed by atoms with van der Waals surface area (Å²) in [6.45, 7) is 6.41. The summed E-state index contributed by atoms with van der Waals surface area (Å²) in [5.41, 5.74) is 1.24. The maximum Gasteiger partial charge on any atom is 0.0344 e. The number of anilines is 1. The van der Waals surface area contributed by atoms with Crippen LogP contribution in [-0.4, -0.2) is 5.54 Å². The second-order valence-corrected chi connectivity index (χ2v) is 4.72. The molecule has 72 valence electrons. The first-order chi connectivity index (χ1) is 6.01. The molecule has 0 atom stereocenters. The molecule has 13 heavy (non-hydrogen) atoms. The van der Waals surface area contributed by atoms with Gasteiger partial charge in [0.05, 0.1) is 0 Å². The first kappa shape index (κ1) is 10.4. The molecule has 1 aromatic rings. The molecular formula is C10H16N2S. The van der Waals surface area contributed by atoms with Crippen LogP contribution in [0.2, 0.25) is 0 Å². The zero-order valence-electron chi connectivity index (χ0n) is 8.29. The fourth-order valence-corrected chi connectivity index (χ4v) is 1.34. The highest BCUT2D eigenvalue weighted by Gasteiger charge is 2.08. The molecular weight excluding hydrogens is 180 g/mol. The Kier molecular flexibility index (Phi) is 3.22. The maximum atomic E-state index is 5.42. The number of nitrogens with two attached hydrogens (primary N) is 1. The van der Waals surface area contributed by atoms with Gasteiger partial charge >= 0.3 is 0 Å². The Balaban J connectivity index is 2.70. The second kappa shape index (κ2) is 4.03. The fraction of sp³-hybridized carbons (Fsp3) is 0.400. The van der Waals surface area contributed by atoms with Crippen molar-refractivity contribution < 1.29 is 0 Å². The van der Waals surface area contributed by atoms with E-state index in [0.717, 1.165) is 10.6 Å². The number of nitrogens with one attached hydrogen (secondary N) is 1. The third-order valence-corrected chi connectivity index (χ3v) is 2.05. The van der Waals surface area contributed by atoms with Crippen LogP contribution in [-0.2, 0) is 0 Å². The molecule has 0 unspecified atom stereocenters. The monoisotopic (exact) mass is 196 g/mol. The summed E-state index contributed by atoms with van der Waals surface area (Å²) in [5, 5.41) is 8.81. The van der Waals surface area contributed by atoms with Gasteiger partial charge in [-0.15, -0.1) is 0 Å². The van der Waals surface area contributed by atoms with Gasteiger partial charge in [-0.1, -0.05) is 0 Å². The quantitative estimate of drug-likeness (QED) is 0.714. The standard InChI is InChI=1S/C10H16N2S/c1-10(2,3)12-8-4-6-9(13-11)7-5-8/h4-7,12H,11H2,1-3H3. The van der Waals surface area contributed by atoms with E-state index >= 15 is 0 Å². The predicted octanol–water partition coefficient (Wildman–Crippen LogP) is 2.86.